The summed E-state index contributed by atoms with van der Waals surface area (Å²) in [6.45, 7) is 0. The number of anilines is 1. The summed E-state index contributed by atoms with van der Waals surface area (Å²) in [6, 6.07) is 2.08. The number of thiazole rings is 1. The Morgan fingerprint density at radius 1 is 1.20 bits per heavy atom. The number of fused-ring (bicyclic) bond motifs is 1. The van der Waals surface area contributed by atoms with Gasteiger partial charge in [-0.05, 0) is 18.9 Å². The number of hydrogen-bond donors (Lipinski definition) is 2. The lowest BCUT2D eigenvalue weighted by atomic mass is 10.2. The van der Waals surface area contributed by atoms with Gasteiger partial charge in [-0.3, -0.25) is 0 Å². The number of halogens is 2. The highest BCUT2D eigenvalue weighted by Crippen LogP contribution is 2.18. The van der Waals surface area contributed by atoms with E-state index in [1.54, 1.807) is 0 Å². The van der Waals surface area contributed by atoms with Crippen LogP contribution >= 0.6 is 11.3 Å². The molecule has 0 aliphatic rings. The molecule has 0 atom stereocenters. The average Bonchev–Trinajstić information content (AvgIpc) is 2.96. The van der Waals surface area contributed by atoms with Gasteiger partial charge in [0.1, 0.15) is 17.2 Å². The Hall–Kier alpha value is -2.02. The maximum Gasteiger partial charge on any atom is 0.180 e. The van der Waals surface area contributed by atoms with Crippen LogP contribution in [0.15, 0.2) is 17.5 Å². The second kappa shape index (κ2) is 5.16. The molecule has 0 bridgehead atoms. The summed E-state index contributed by atoms with van der Waals surface area (Å²) >= 11 is 1.41. The molecule has 2 aromatic heterocycles. The first-order chi connectivity index (χ1) is 9.61. The first-order valence-electron chi connectivity index (χ1n) is 6.15. The molecule has 0 saturated heterocycles. The van der Waals surface area contributed by atoms with Crippen LogP contribution in [0, 0.1) is 11.6 Å². The van der Waals surface area contributed by atoms with Crippen molar-refractivity contribution >= 4 is 27.5 Å². The minimum atomic E-state index is -0.644. The molecule has 1 aromatic carbocycles. The smallest absolute Gasteiger partial charge is 0.180 e. The summed E-state index contributed by atoms with van der Waals surface area (Å²) in [5.74, 6) is -0.606. The van der Waals surface area contributed by atoms with E-state index in [1.165, 1.54) is 17.4 Å². The molecule has 7 heteroatoms. The zero-order valence-electron chi connectivity index (χ0n) is 10.5. The third kappa shape index (κ3) is 2.62. The van der Waals surface area contributed by atoms with Crippen LogP contribution in [0.2, 0.25) is 0 Å². The number of nitrogen functional groups attached to an aromatic ring is 1. The summed E-state index contributed by atoms with van der Waals surface area (Å²) in [5, 5.41) is 2.48. The predicted octanol–water partition coefficient (Wildman–Crippen LogP) is 3.06. The monoisotopic (exact) mass is 294 g/mol. The molecule has 3 rings (SSSR count). The van der Waals surface area contributed by atoms with Gasteiger partial charge in [-0.25, -0.2) is 18.7 Å². The fourth-order valence-electron chi connectivity index (χ4n) is 2.09. The summed E-state index contributed by atoms with van der Waals surface area (Å²) in [6.07, 6.45) is 2.24. The number of aromatic amines is 1. The number of benzene rings is 1. The van der Waals surface area contributed by atoms with Crippen molar-refractivity contribution in [2.75, 3.05) is 5.73 Å². The minimum absolute atomic E-state index is 0.180. The van der Waals surface area contributed by atoms with Crippen LogP contribution in [0.4, 0.5) is 13.9 Å². The number of hydrogen-bond acceptors (Lipinski definition) is 4. The van der Waals surface area contributed by atoms with Crippen molar-refractivity contribution in [1.29, 1.82) is 0 Å². The number of imidazole rings is 1. The van der Waals surface area contributed by atoms with Crippen molar-refractivity contribution in [2.45, 2.75) is 19.3 Å². The highest BCUT2D eigenvalue weighted by molar-refractivity contribution is 7.13. The fraction of sp³-hybridized carbons (Fsp3) is 0.231. The van der Waals surface area contributed by atoms with Gasteiger partial charge in [0.15, 0.2) is 10.9 Å². The lowest BCUT2D eigenvalue weighted by Crippen LogP contribution is -1.93. The second-order valence-electron chi connectivity index (χ2n) is 4.50. The third-order valence-corrected chi connectivity index (χ3v) is 3.69. The Labute approximate surface area is 117 Å². The Morgan fingerprint density at radius 3 is 2.80 bits per heavy atom. The molecule has 3 aromatic rings. The van der Waals surface area contributed by atoms with Crippen molar-refractivity contribution in [3.63, 3.8) is 0 Å². The van der Waals surface area contributed by atoms with Crippen LogP contribution in [0.25, 0.3) is 11.0 Å². The third-order valence-electron chi connectivity index (χ3n) is 2.97. The van der Waals surface area contributed by atoms with Gasteiger partial charge in [0, 0.05) is 17.9 Å². The van der Waals surface area contributed by atoms with Crippen LogP contribution in [-0.4, -0.2) is 15.0 Å². The van der Waals surface area contributed by atoms with Gasteiger partial charge < -0.3 is 10.7 Å². The van der Waals surface area contributed by atoms with Crippen LogP contribution in [-0.2, 0) is 12.8 Å². The Morgan fingerprint density at radius 2 is 2.05 bits per heavy atom. The fourth-order valence-corrected chi connectivity index (χ4v) is 2.68. The number of nitrogens with one attached hydrogen (secondary N) is 1. The zero-order chi connectivity index (χ0) is 14.1. The van der Waals surface area contributed by atoms with E-state index >= 15 is 0 Å². The second-order valence-corrected chi connectivity index (χ2v) is 5.39. The summed E-state index contributed by atoms with van der Waals surface area (Å²) in [4.78, 5) is 11.3. The van der Waals surface area contributed by atoms with Gasteiger partial charge in [0.2, 0.25) is 0 Å². The van der Waals surface area contributed by atoms with Crippen LogP contribution < -0.4 is 5.73 Å². The standard InChI is InChI=1S/C13H12F2N4S/c14-7-4-9(15)12-10(5-7)18-11(19-12)3-1-2-8-6-20-13(16)17-8/h4-6H,1-3H2,(H2,16,17)(H,18,19). The van der Waals surface area contributed by atoms with Crippen molar-refractivity contribution in [3.8, 4) is 0 Å². The number of aromatic nitrogens is 3. The van der Waals surface area contributed by atoms with E-state index in [1.807, 2.05) is 5.38 Å². The Balaban J connectivity index is 1.70. The maximum atomic E-state index is 13.5. The van der Waals surface area contributed by atoms with Crippen molar-refractivity contribution in [2.24, 2.45) is 0 Å². The molecule has 4 nitrogen and oxygen atoms in total. The number of H-pyrrole nitrogens is 1. The van der Waals surface area contributed by atoms with E-state index in [9.17, 15) is 8.78 Å². The van der Waals surface area contributed by atoms with E-state index in [0.717, 1.165) is 24.6 Å². The minimum Gasteiger partial charge on any atom is -0.375 e. The summed E-state index contributed by atoms with van der Waals surface area (Å²) < 4.78 is 26.6. The molecule has 0 radical (unpaired) electrons. The molecule has 3 N–H and O–H groups in total. The number of rotatable bonds is 4. The molecular formula is C13H12F2N4S. The van der Waals surface area contributed by atoms with Gasteiger partial charge in [-0.15, -0.1) is 11.3 Å². The van der Waals surface area contributed by atoms with Crippen LogP contribution in [0.1, 0.15) is 17.9 Å². The SMILES string of the molecule is Nc1nc(CCCc2nc3c(F)cc(F)cc3[nH]2)cs1. The quantitative estimate of drug-likeness (QED) is 0.777. The molecule has 0 spiro atoms. The molecule has 0 aliphatic carbocycles. The van der Waals surface area contributed by atoms with Gasteiger partial charge in [-0.1, -0.05) is 0 Å². The van der Waals surface area contributed by atoms with Gasteiger partial charge >= 0.3 is 0 Å². The maximum absolute atomic E-state index is 13.5. The normalized spacial score (nSPS) is 11.3. The van der Waals surface area contributed by atoms with E-state index in [2.05, 4.69) is 15.0 Å². The van der Waals surface area contributed by atoms with Crippen molar-refractivity contribution in [1.82, 2.24) is 15.0 Å². The zero-order valence-corrected chi connectivity index (χ0v) is 11.3. The molecule has 2 heterocycles. The van der Waals surface area contributed by atoms with Crippen molar-refractivity contribution < 1.29 is 8.78 Å². The highest BCUT2D eigenvalue weighted by Gasteiger charge is 2.09. The molecule has 0 fully saturated rings. The molecule has 20 heavy (non-hydrogen) atoms. The summed E-state index contributed by atoms with van der Waals surface area (Å²) in [5.41, 5.74) is 7.06. The molecule has 104 valence electrons. The van der Waals surface area contributed by atoms with Gasteiger partial charge in [0.25, 0.3) is 0 Å². The van der Waals surface area contributed by atoms with E-state index < -0.39 is 11.6 Å². The number of nitrogens with two attached hydrogens (primary N) is 1. The number of nitrogens with zero attached hydrogens (tertiary/aromatic N) is 2. The topological polar surface area (TPSA) is 67.6 Å². The summed E-state index contributed by atoms with van der Waals surface area (Å²) in [7, 11) is 0. The average molecular weight is 294 g/mol. The van der Waals surface area contributed by atoms with Crippen LogP contribution in [0.3, 0.4) is 0 Å². The molecule has 0 unspecified atom stereocenters. The molecule has 0 amide bonds. The van der Waals surface area contributed by atoms with Gasteiger partial charge in [0.05, 0.1) is 11.2 Å². The first kappa shape index (κ1) is 13.0. The largest absolute Gasteiger partial charge is 0.375 e. The van der Waals surface area contributed by atoms with Crippen LogP contribution in [0.5, 0.6) is 0 Å². The Kier molecular flexibility index (Phi) is 3.35. The number of aryl methyl sites for hydroxylation is 2. The highest BCUT2D eigenvalue weighted by atomic mass is 32.1. The lowest BCUT2D eigenvalue weighted by molar-refractivity contribution is 0.590. The van der Waals surface area contributed by atoms with E-state index in [4.69, 9.17) is 5.73 Å². The molecule has 0 aliphatic heterocycles. The molecular weight excluding hydrogens is 282 g/mol. The van der Waals surface area contributed by atoms with E-state index in [-0.39, 0.29) is 5.52 Å². The Bertz CT molecular complexity index is 750. The molecule has 0 saturated carbocycles. The van der Waals surface area contributed by atoms with Crippen molar-refractivity contribution in [3.05, 3.63) is 40.7 Å². The predicted molar refractivity (Wildman–Crippen MR) is 74.6 cm³/mol. The lowest BCUT2D eigenvalue weighted by Gasteiger charge is -1.95. The van der Waals surface area contributed by atoms with E-state index in [0.29, 0.717) is 22.9 Å². The van der Waals surface area contributed by atoms with Gasteiger partial charge in [-0.2, -0.15) is 0 Å². The first-order valence-corrected chi connectivity index (χ1v) is 7.03.